The molecule has 6 heteroatoms. The molecule has 5 nitrogen and oxygen atoms in total. The molecule has 0 aliphatic carbocycles. The summed E-state index contributed by atoms with van der Waals surface area (Å²) in [5, 5.41) is 2.96. The van der Waals surface area contributed by atoms with Crippen molar-refractivity contribution in [2.75, 3.05) is 25.9 Å². The molecule has 0 aromatic heterocycles. The standard InChI is InChI=1S/C21H28N2O3S/c1-5-23(6-2)20(17-12-10-16(3)11-13-17)15-22-21(24)18-8-7-9-19(14-18)27(4,25)26/h7-14,20H,5-6,15H2,1-4H3,(H,22,24). The van der Waals surface area contributed by atoms with Crippen molar-refractivity contribution in [3.8, 4) is 0 Å². The van der Waals surface area contributed by atoms with E-state index in [2.05, 4.69) is 48.3 Å². The maximum absolute atomic E-state index is 12.6. The Hall–Kier alpha value is -2.18. The lowest BCUT2D eigenvalue weighted by Crippen LogP contribution is -2.38. The van der Waals surface area contributed by atoms with E-state index in [0.29, 0.717) is 12.1 Å². The van der Waals surface area contributed by atoms with Gasteiger partial charge in [-0.15, -0.1) is 0 Å². The zero-order valence-electron chi connectivity index (χ0n) is 16.4. The van der Waals surface area contributed by atoms with Gasteiger partial charge in [-0.05, 0) is 43.8 Å². The number of nitrogens with zero attached hydrogens (tertiary/aromatic N) is 1. The predicted octanol–water partition coefficient (Wildman–Crippen LogP) is 3.21. The van der Waals surface area contributed by atoms with E-state index >= 15 is 0 Å². The van der Waals surface area contributed by atoms with E-state index in [0.717, 1.165) is 24.9 Å². The average molecular weight is 389 g/mol. The predicted molar refractivity (Wildman–Crippen MR) is 109 cm³/mol. The molecule has 146 valence electrons. The lowest BCUT2D eigenvalue weighted by atomic mass is 10.0. The Bertz CT molecular complexity index is 873. The van der Waals surface area contributed by atoms with Gasteiger partial charge in [0.1, 0.15) is 0 Å². The topological polar surface area (TPSA) is 66.5 Å². The quantitative estimate of drug-likeness (QED) is 0.754. The van der Waals surface area contributed by atoms with E-state index in [9.17, 15) is 13.2 Å². The van der Waals surface area contributed by atoms with Crippen molar-refractivity contribution < 1.29 is 13.2 Å². The molecule has 0 bridgehead atoms. The van der Waals surface area contributed by atoms with Gasteiger partial charge in [0, 0.05) is 18.4 Å². The van der Waals surface area contributed by atoms with Crippen LogP contribution in [-0.2, 0) is 9.84 Å². The number of amides is 1. The second kappa shape index (κ2) is 9.15. The van der Waals surface area contributed by atoms with Gasteiger partial charge in [-0.1, -0.05) is 49.7 Å². The summed E-state index contributed by atoms with van der Waals surface area (Å²) in [5.74, 6) is -0.273. The molecule has 2 aromatic rings. The fourth-order valence-electron chi connectivity index (χ4n) is 3.07. The Balaban J connectivity index is 2.19. The van der Waals surface area contributed by atoms with E-state index in [1.54, 1.807) is 12.1 Å². The third kappa shape index (κ3) is 5.65. The summed E-state index contributed by atoms with van der Waals surface area (Å²) in [4.78, 5) is 15.0. The highest BCUT2D eigenvalue weighted by Crippen LogP contribution is 2.21. The van der Waals surface area contributed by atoms with Crippen molar-refractivity contribution in [2.24, 2.45) is 0 Å². The van der Waals surface area contributed by atoms with Crippen LogP contribution in [0.25, 0.3) is 0 Å². The summed E-state index contributed by atoms with van der Waals surface area (Å²) in [5.41, 5.74) is 2.69. The molecule has 0 saturated carbocycles. The van der Waals surface area contributed by atoms with Crippen molar-refractivity contribution >= 4 is 15.7 Å². The van der Waals surface area contributed by atoms with Crippen LogP contribution in [0.3, 0.4) is 0 Å². The van der Waals surface area contributed by atoms with Crippen LogP contribution in [0, 0.1) is 6.92 Å². The Morgan fingerprint density at radius 2 is 1.70 bits per heavy atom. The van der Waals surface area contributed by atoms with E-state index in [1.807, 2.05) is 6.92 Å². The fraction of sp³-hybridized carbons (Fsp3) is 0.381. The lowest BCUT2D eigenvalue weighted by molar-refractivity contribution is 0.0934. The van der Waals surface area contributed by atoms with E-state index in [1.165, 1.54) is 17.7 Å². The van der Waals surface area contributed by atoms with Gasteiger partial charge in [-0.3, -0.25) is 9.69 Å². The molecule has 2 rings (SSSR count). The van der Waals surface area contributed by atoms with E-state index in [-0.39, 0.29) is 16.8 Å². The minimum atomic E-state index is -3.35. The summed E-state index contributed by atoms with van der Waals surface area (Å²) in [6, 6.07) is 14.5. The summed E-state index contributed by atoms with van der Waals surface area (Å²) in [7, 11) is -3.35. The number of aryl methyl sites for hydroxylation is 1. The van der Waals surface area contributed by atoms with Crippen molar-refractivity contribution in [3.05, 3.63) is 65.2 Å². The summed E-state index contributed by atoms with van der Waals surface area (Å²) < 4.78 is 23.4. The van der Waals surface area contributed by atoms with Crippen LogP contribution in [-0.4, -0.2) is 45.1 Å². The number of hydrogen-bond donors (Lipinski definition) is 1. The smallest absolute Gasteiger partial charge is 0.251 e. The Morgan fingerprint density at radius 1 is 1.07 bits per heavy atom. The van der Waals surface area contributed by atoms with Gasteiger partial charge in [0.2, 0.25) is 0 Å². The summed E-state index contributed by atoms with van der Waals surface area (Å²) in [6.45, 7) is 8.44. The number of nitrogens with one attached hydrogen (secondary N) is 1. The Morgan fingerprint density at radius 3 is 2.26 bits per heavy atom. The summed E-state index contributed by atoms with van der Waals surface area (Å²) >= 11 is 0. The molecular weight excluding hydrogens is 360 g/mol. The highest BCUT2D eigenvalue weighted by molar-refractivity contribution is 7.90. The molecule has 0 aliphatic heterocycles. The highest BCUT2D eigenvalue weighted by atomic mass is 32.2. The molecule has 0 aliphatic rings. The lowest BCUT2D eigenvalue weighted by Gasteiger charge is -2.30. The van der Waals surface area contributed by atoms with Gasteiger partial charge in [0.15, 0.2) is 9.84 Å². The molecule has 0 fully saturated rings. The van der Waals surface area contributed by atoms with Crippen LogP contribution in [0.5, 0.6) is 0 Å². The second-order valence-electron chi connectivity index (χ2n) is 6.66. The second-order valence-corrected chi connectivity index (χ2v) is 8.67. The normalized spacial score (nSPS) is 12.8. The maximum Gasteiger partial charge on any atom is 0.251 e. The van der Waals surface area contributed by atoms with Gasteiger partial charge >= 0.3 is 0 Å². The van der Waals surface area contributed by atoms with Crippen molar-refractivity contribution in [1.29, 1.82) is 0 Å². The number of likely N-dealkylation sites (N-methyl/N-ethyl adjacent to an activating group) is 1. The first kappa shape index (κ1) is 21.1. The zero-order chi connectivity index (χ0) is 20.0. The molecule has 27 heavy (non-hydrogen) atoms. The molecule has 0 heterocycles. The molecule has 1 amide bonds. The molecule has 1 N–H and O–H groups in total. The minimum absolute atomic E-state index is 0.0580. The molecule has 0 saturated heterocycles. The number of hydrogen-bond acceptors (Lipinski definition) is 4. The molecular formula is C21H28N2O3S. The van der Waals surface area contributed by atoms with Crippen LogP contribution in [0.1, 0.15) is 41.4 Å². The third-order valence-electron chi connectivity index (χ3n) is 4.70. The van der Waals surface area contributed by atoms with Gasteiger partial charge in [-0.25, -0.2) is 8.42 Å². The molecule has 0 radical (unpaired) electrons. The van der Waals surface area contributed by atoms with Crippen LogP contribution in [0.15, 0.2) is 53.4 Å². The van der Waals surface area contributed by atoms with Crippen LogP contribution < -0.4 is 5.32 Å². The first-order valence-corrected chi connectivity index (χ1v) is 11.0. The highest BCUT2D eigenvalue weighted by Gasteiger charge is 2.19. The van der Waals surface area contributed by atoms with Crippen molar-refractivity contribution in [2.45, 2.75) is 31.7 Å². The zero-order valence-corrected chi connectivity index (χ0v) is 17.2. The molecule has 1 unspecified atom stereocenters. The monoisotopic (exact) mass is 388 g/mol. The molecule has 2 aromatic carbocycles. The van der Waals surface area contributed by atoms with Gasteiger partial charge < -0.3 is 5.32 Å². The first-order chi connectivity index (χ1) is 12.8. The Kier molecular flexibility index (Phi) is 7.16. The summed E-state index contributed by atoms with van der Waals surface area (Å²) in [6.07, 6.45) is 1.14. The van der Waals surface area contributed by atoms with Gasteiger partial charge in [-0.2, -0.15) is 0 Å². The van der Waals surface area contributed by atoms with Crippen molar-refractivity contribution in [1.82, 2.24) is 10.2 Å². The van der Waals surface area contributed by atoms with Gasteiger partial charge in [0.25, 0.3) is 5.91 Å². The Labute approximate surface area is 162 Å². The van der Waals surface area contributed by atoms with E-state index in [4.69, 9.17) is 0 Å². The van der Waals surface area contributed by atoms with Crippen molar-refractivity contribution in [3.63, 3.8) is 0 Å². The average Bonchev–Trinajstić information content (AvgIpc) is 2.65. The van der Waals surface area contributed by atoms with Gasteiger partial charge in [0.05, 0.1) is 10.9 Å². The number of rotatable bonds is 8. The third-order valence-corrected chi connectivity index (χ3v) is 5.81. The molecule has 0 spiro atoms. The SMILES string of the molecule is CCN(CC)C(CNC(=O)c1cccc(S(C)(=O)=O)c1)c1ccc(C)cc1. The largest absolute Gasteiger partial charge is 0.350 e. The molecule has 1 atom stereocenters. The fourth-order valence-corrected chi connectivity index (χ4v) is 3.74. The number of carbonyl (C=O) groups excluding carboxylic acids is 1. The van der Waals surface area contributed by atoms with E-state index < -0.39 is 9.84 Å². The number of benzene rings is 2. The first-order valence-electron chi connectivity index (χ1n) is 9.15. The maximum atomic E-state index is 12.6. The van der Waals surface area contributed by atoms with Crippen LogP contribution in [0.2, 0.25) is 0 Å². The number of sulfone groups is 1. The van der Waals surface area contributed by atoms with Crippen LogP contribution >= 0.6 is 0 Å². The minimum Gasteiger partial charge on any atom is -0.350 e. The van der Waals surface area contributed by atoms with Crippen LogP contribution in [0.4, 0.5) is 0 Å². The number of carbonyl (C=O) groups is 1.